The van der Waals surface area contributed by atoms with E-state index in [0.29, 0.717) is 6.42 Å². The van der Waals surface area contributed by atoms with Crippen LogP contribution in [-0.4, -0.2) is 41.9 Å². The zero-order valence-electron chi connectivity index (χ0n) is 13.6. The maximum absolute atomic E-state index is 12.5. The Morgan fingerprint density at radius 2 is 1.83 bits per heavy atom. The standard InChI is InChI=1S/C19H24N2OS/c1-16(17-6-3-2-4-7-17)14-19(22)21-11-9-20(10-12-21)15-18-8-5-13-23-18/h2-8,13,16H,9-12,14-15H2,1H3. The quantitative estimate of drug-likeness (QED) is 0.837. The summed E-state index contributed by atoms with van der Waals surface area (Å²) in [6.45, 7) is 6.81. The Labute approximate surface area is 142 Å². The van der Waals surface area contributed by atoms with Crippen molar-refractivity contribution in [2.45, 2.75) is 25.8 Å². The molecule has 1 fully saturated rings. The van der Waals surface area contributed by atoms with Crippen molar-refractivity contribution in [1.82, 2.24) is 9.80 Å². The topological polar surface area (TPSA) is 23.6 Å². The van der Waals surface area contributed by atoms with Crippen molar-refractivity contribution >= 4 is 17.2 Å². The maximum atomic E-state index is 12.5. The van der Waals surface area contributed by atoms with Crippen molar-refractivity contribution < 1.29 is 4.79 Å². The second kappa shape index (κ2) is 7.75. The maximum Gasteiger partial charge on any atom is 0.223 e. The predicted molar refractivity (Wildman–Crippen MR) is 95.7 cm³/mol. The van der Waals surface area contributed by atoms with Crippen molar-refractivity contribution in [2.24, 2.45) is 0 Å². The first-order chi connectivity index (χ1) is 11.2. The average Bonchev–Trinajstić information content (AvgIpc) is 3.09. The third kappa shape index (κ3) is 4.43. The second-order valence-electron chi connectivity index (χ2n) is 6.25. The molecule has 1 aromatic heterocycles. The molecule has 1 aliphatic heterocycles. The molecular formula is C19H24N2OS. The molecule has 1 aliphatic rings. The van der Waals surface area contributed by atoms with Gasteiger partial charge in [-0.25, -0.2) is 0 Å². The van der Waals surface area contributed by atoms with Gasteiger partial charge in [-0.3, -0.25) is 9.69 Å². The van der Waals surface area contributed by atoms with Crippen LogP contribution in [0.2, 0.25) is 0 Å². The molecule has 0 N–H and O–H groups in total. The van der Waals surface area contributed by atoms with Gasteiger partial charge >= 0.3 is 0 Å². The molecule has 1 amide bonds. The van der Waals surface area contributed by atoms with Gasteiger partial charge in [0, 0.05) is 44.0 Å². The van der Waals surface area contributed by atoms with Gasteiger partial charge in [-0.05, 0) is 22.9 Å². The third-order valence-electron chi connectivity index (χ3n) is 4.53. The molecule has 1 saturated heterocycles. The lowest BCUT2D eigenvalue weighted by molar-refractivity contribution is -0.133. The molecule has 1 atom stereocenters. The highest BCUT2D eigenvalue weighted by Gasteiger charge is 2.22. The van der Waals surface area contributed by atoms with Crippen LogP contribution in [0, 0.1) is 0 Å². The highest BCUT2D eigenvalue weighted by molar-refractivity contribution is 7.09. The fourth-order valence-electron chi connectivity index (χ4n) is 3.07. The summed E-state index contributed by atoms with van der Waals surface area (Å²) in [4.78, 5) is 18.4. The molecule has 23 heavy (non-hydrogen) atoms. The Morgan fingerprint density at radius 3 is 2.48 bits per heavy atom. The van der Waals surface area contributed by atoms with Crippen LogP contribution in [0.5, 0.6) is 0 Å². The summed E-state index contributed by atoms with van der Waals surface area (Å²) in [6, 6.07) is 14.6. The molecule has 3 rings (SSSR count). The van der Waals surface area contributed by atoms with Gasteiger partial charge in [-0.2, -0.15) is 0 Å². The van der Waals surface area contributed by atoms with E-state index in [1.54, 1.807) is 0 Å². The third-order valence-corrected chi connectivity index (χ3v) is 5.40. The van der Waals surface area contributed by atoms with Crippen LogP contribution in [0.3, 0.4) is 0 Å². The van der Waals surface area contributed by atoms with E-state index < -0.39 is 0 Å². The van der Waals surface area contributed by atoms with Gasteiger partial charge in [-0.1, -0.05) is 43.3 Å². The van der Waals surface area contributed by atoms with Crippen molar-refractivity contribution in [3.8, 4) is 0 Å². The fraction of sp³-hybridized carbons (Fsp3) is 0.421. The molecule has 1 aromatic carbocycles. The van der Waals surface area contributed by atoms with Gasteiger partial charge < -0.3 is 4.90 Å². The number of benzene rings is 1. The first-order valence-corrected chi connectivity index (χ1v) is 9.18. The van der Waals surface area contributed by atoms with E-state index in [2.05, 4.69) is 41.5 Å². The van der Waals surface area contributed by atoms with Gasteiger partial charge in [0.25, 0.3) is 0 Å². The molecule has 0 bridgehead atoms. The Hall–Kier alpha value is -1.65. The monoisotopic (exact) mass is 328 g/mol. The minimum absolute atomic E-state index is 0.285. The Balaban J connectivity index is 1.46. The molecule has 122 valence electrons. The number of rotatable bonds is 5. The second-order valence-corrected chi connectivity index (χ2v) is 7.28. The van der Waals surface area contributed by atoms with Gasteiger partial charge in [0.1, 0.15) is 0 Å². The molecule has 2 aromatic rings. The SMILES string of the molecule is CC(CC(=O)N1CCN(Cc2cccs2)CC1)c1ccccc1. The van der Waals surface area contributed by atoms with E-state index in [-0.39, 0.29) is 11.8 Å². The summed E-state index contributed by atoms with van der Waals surface area (Å²) in [5.41, 5.74) is 1.25. The largest absolute Gasteiger partial charge is 0.340 e. The zero-order chi connectivity index (χ0) is 16.1. The molecule has 4 heteroatoms. The minimum atomic E-state index is 0.285. The highest BCUT2D eigenvalue weighted by atomic mass is 32.1. The van der Waals surface area contributed by atoms with Crippen molar-refractivity contribution in [2.75, 3.05) is 26.2 Å². The lowest BCUT2D eigenvalue weighted by Gasteiger charge is -2.35. The van der Waals surface area contributed by atoms with Crippen LogP contribution < -0.4 is 0 Å². The lowest BCUT2D eigenvalue weighted by atomic mass is 9.97. The number of hydrogen-bond donors (Lipinski definition) is 0. The van der Waals surface area contributed by atoms with E-state index in [1.807, 2.05) is 34.4 Å². The van der Waals surface area contributed by atoms with Gasteiger partial charge in [0.2, 0.25) is 5.91 Å². The number of carbonyl (C=O) groups excluding carboxylic acids is 1. The van der Waals surface area contributed by atoms with Crippen LogP contribution in [-0.2, 0) is 11.3 Å². The minimum Gasteiger partial charge on any atom is -0.340 e. The first-order valence-electron chi connectivity index (χ1n) is 8.30. The fourth-order valence-corrected chi connectivity index (χ4v) is 3.81. The summed E-state index contributed by atoms with van der Waals surface area (Å²) >= 11 is 1.81. The summed E-state index contributed by atoms with van der Waals surface area (Å²) in [5, 5.41) is 2.13. The number of thiophene rings is 1. The molecule has 2 heterocycles. The van der Waals surface area contributed by atoms with E-state index in [4.69, 9.17) is 0 Å². The zero-order valence-corrected chi connectivity index (χ0v) is 14.5. The summed E-state index contributed by atoms with van der Waals surface area (Å²) in [7, 11) is 0. The summed E-state index contributed by atoms with van der Waals surface area (Å²) in [5.74, 6) is 0.574. The molecular weight excluding hydrogens is 304 g/mol. The van der Waals surface area contributed by atoms with Crippen LogP contribution in [0.15, 0.2) is 47.8 Å². The number of hydrogen-bond acceptors (Lipinski definition) is 3. The van der Waals surface area contributed by atoms with Gasteiger partial charge in [0.05, 0.1) is 0 Å². The molecule has 0 spiro atoms. The lowest BCUT2D eigenvalue weighted by Crippen LogP contribution is -2.48. The summed E-state index contributed by atoms with van der Waals surface area (Å²) < 4.78 is 0. The highest BCUT2D eigenvalue weighted by Crippen LogP contribution is 2.20. The van der Waals surface area contributed by atoms with E-state index >= 15 is 0 Å². The predicted octanol–water partition coefficient (Wildman–Crippen LogP) is 3.59. The van der Waals surface area contributed by atoms with Crippen LogP contribution in [0.1, 0.15) is 29.7 Å². The number of carbonyl (C=O) groups is 1. The van der Waals surface area contributed by atoms with Crippen LogP contribution in [0.4, 0.5) is 0 Å². The van der Waals surface area contributed by atoms with Crippen molar-refractivity contribution in [3.63, 3.8) is 0 Å². The molecule has 0 saturated carbocycles. The number of nitrogens with zero attached hydrogens (tertiary/aromatic N) is 2. The average molecular weight is 328 g/mol. The Kier molecular flexibility index (Phi) is 5.47. The van der Waals surface area contributed by atoms with Gasteiger partial charge in [0.15, 0.2) is 0 Å². The number of piperazine rings is 1. The van der Waals surface area contributed by atoms with Crippen molar-refractivity contribution in [1.29, 1.82) is 0 Å². The van der Waals surface area contributed by atoms with E-state index in [0.717, 1.165) is 32.7 Å². The molecule has 0 aliphatic carbocycles. The Bertz CT molecular complexity index is 604. The smallest absolute Gasteiger partial charge is 0.223 e. The van der Waals surface area contributed by atoms with Crippen LogP contribution in [0.25, 0.3) is 0 Å². The summed E-state index contributed by atoms with van der Waals surface area (Å²) in [6.07, 6.45) is 0.606. The molecule has 0 radical (unpaired) electrons. The van der Waals surface area contributed by atoms with Gasteiger partial charge in [-0.15, -0.1) is 11.3 Å². The van der Waals surface area contributed by atoms with E-state index in [9.17, 15) is 4.79 Å². The molecule has 1 unspecified atom stereocenters. The van der Waals surface area contributed by atoms with E-state index in [1.165, 1.54) is 10.4 Å². The normalized spacial score (nSPS) is 17.2. The van der Waals surface area contributed by atoms with Crippen molar-refractivity contribution in [3.05, 3.63) is 58.3 Å². The first kappa shape index (κ1) is 16.2. The van der Waals surface area contributed by atoms with Crippen LogP contribution >= 0.6 is 11.3 Å². The Morgan fingerprint density at radius 1 is 1.09 bits per heavy atom. The molecule has 3 nitrogen and oxygen atoms in total. The number of amides is 1.